The highest BCUT2D eigenvalue weighted by Gasteiger charge is 2.01. The number of carbonyl (C=O) groups is 1. The van der Waals surface area contributed by atoms with Gasteiger partial charge in [0.05, 0.1) is 12.6 Å². The van der Waals surface area contributed by atoms with Crippen LogP contribution in [0.2, 0.25) is 0 Å². The smallest absolute Gasteiger partial charge is 0.233 e. The van der Waals surface area contributed by atoms with E-state index in [9.17, 15) is 4.79 Å². The zero-order chi connectivity index (χ0) is 7.98. The number of nitrogens with two attached hydrogens (primary N) is 1. The van der Waals surface area contributed by atoms with Crippen molar-refractivity contribution in [3.8, 4) is 0 Å². The van der Waals surface area contributed by atoms with Crippen molar-refractivity contribution in [2.75, 3.05) is 13.1 Å². The van der Waals surface area contributed by atoms with Gasteiger partial charge in [-0.25, -0.2) is 0 Å². The zero-order valence-electron chi connectivity index (χ0n) is 6.13. The number of amides is 1. The lowest BCUT2D eigenvalue weighted by molar-refractivity contribution is -0.120. The van der Waals surface area contributed by atoms with Gasteiger partial charge in [-0.2, -0.15) is 0 Å². The van der Waals surface area contributed by atoms with Gasteiger partial charge in [0, 0.05) is 6.54 Å². The molecule has 60 valence electrons. The van der Waals surface area contributed by atoms with E-state index in [0.29, 0.717) is 13.0 Å². The molecule has 1 amide bonds. The molecule has 0 aromatic carbocycles. The van der Waals surface area contributed by atoms with Crippen LogP contribution in [0.25, 0.3) is 0 Å². The molecule has 0 heterocycles. The fourth-order valence-electron chi connectivity index (χ4n) is 0.448. The second-order valence-corrected chi connectivity index (χ2v) is 2.07. The van der Waals surface area contributed by atoms with E-state index in [1.54, 1.807) is 0 Å². The fraction of sp³-hybridized carbons (Fsp3) is 0.833. The Balaban J connectivity index is 3.26. The van der Waals surface area contributed by atoms with E-state index in [0.717, 1.165) is 0 Å². The molecule has 0 rings (SSSR count). The number of aliphatic hydroxyl groups excluding tert-OH is 1. The van der Waals surface area contributed by atoms with Crippen LogP contribution in [0.5, 0.6) is 0 Å². The number of rotatable bonds is 4. The first-order valence-corrected chi connectivity index (χ1v) is 3.35. The summed E-state index contributed by atoms with van der Waals surface area (Å²) in [6, 6.07) is 0. The van der Waals surface area contributed by atoms with Crippen LogP contribution in [-0.4, -0.2) is 30.2 Å². The molecule has 0 saturated heterocycles. The Hall–Kier alpha value is -0.610. The van der Waals surface area contributed by atoms with E-state index in [1.807, 2.05) is 6.92 Å². The van der Waals surface area contributed by atoms with Gasteiger partial charge in [0.2, 0.25) is 5.91 Å². The predicted molar refractivity (Wildman–Crippen MR) is 38.4 cm³/mol. The minimum absolute atomic E-state index is 0.0174. The molecular formula is C6H14N2O2. The van der Waals surface area contributed by atoms with Crippen LogP contribution in [0.15, 0.2) is 0 Å². The van der Waals surface area contributed by atoms with E-state index < -0.39 is 6.10 Å². The highest BCUT2D eigenvalue weighted by Crippen LogP contribution is 1.85. The molecular weight excluding hydrogens is 132 g/mol. The quantitative estimate of drug-likeness (QED) is 0.468. The molecule has 0 aliphatic rings. The maximum atomic E-state index is 10.5. The Morgan fingerprint density at radius 3 is 2.80 bits per heavy atom. The van der Waals surface area contributed by atoms with Crippen LogP contribution < -0.4 is 11.1 Å². The lowest BCUT2D eigenvalue weighted by atomic mass is 10.3. The Bertz CT molecular complexity index is 106. The summed E-state index contributed by atoms with van der Waals surface area (Å²) in [6.07, 6.45) is 0.195. The number of aliphatic hydroxyl groups is 1. The van der Waals surface area contributed by atoms with Crippen LogP contribution in [-0.2, 0) is 4.79 Å². The topological polar surface area (TPSA) is 75.3 Å². The van der Waals surface area contributed by atoms with Gasteiger partial charge >= 0.3 is 0 Å². The summed E-state index contributed by atoms with van der Waals surface area (Å²) in [7, 11) is 0. The summed E-state index contributed by atoms with van der Waals surface area (Å²) >= 11 is 0. The molecule has 4 heteroatoms. The van der Waals surface area contributed by atoms with Crippen LogP contribution >= 0.6 is 0 Å². The molecule has 4 nitrogen and oxygen atoms in total. The van der Waals surface area contributed by atoms with E-state index in [2.05, 4.69) is 5.32 Å². The number of hydrogen-bond donors (Lipinski definition) is 3. The lowest BCUT2D eigenvalue weighted by Crippen LogP contribution is -2.35. The standard InChI is InChI=1S/C6H14N2O2/c1-2-5(9)4-8-6(10)3-7/h5,9H,2-4,7H2,1H3,(H,8,10). The average Bonchev–Trinajstić information content (AvgIpc) is 1.99. The van der Waals surface area contributed by atoms with Crippen molar-refractivity contribution in [3.63, 3.8) is 0 Å². The number of nitrogens with one attached hydrogen (secondary N) is 1. The van der Waals surface area contributed by atoms with Crippen molar-refractivity contribution in [2.24, 2.45) is 5.73 Å². The number of carbonyl (C=O) groups excluding carboxylic acids is 1. The summed E-state index contributed by atoms with van der Waals surface area (Å²) in [6.45, 7) is 2.13. The van der Waals surface area contributed by atoms with Crippen molar-refractivity contribution >= 4 is 5.91 Å². The third kappa shape index (κ3) is 4.29. The highest BCUT2D eigenvalue weighted by molar-refractivity contribution is 5.77. The van der Waals surface area contributed by atoms with Gasteiger partial charge in [-0.15, -0.1) is 0 Å². The second-order valence-electron chi connectivity index (χ2n) is 2.07. The third-order valence-electron chi connectivity index (χ3n) is 1.19. The van der Waals surface area contributed by atoms with E-state index in [1.165, 1.54) is 0 Å². The van der Waals surface area contributed by atoms with Crippen molar-refractivity contribution in [2.45, 2.75) is 19.4 Å². The molecule has 0 spiro atoms. The Labute approximate surface area is 60.4 Å². The van der Waals surface area contributed by atoms with Gasteiger partial charge in [-0.05, 0) is 6.42 Å². The maximum Gasteiger partial charge on any atom is 0.233 e. The van der Waals surface area contributed by atoms with E-state index in [-0.39, 0.29) is 12.5 Å². The predicted octanol–water partition coefficient (Wildman–Crippen LogP) is -1.17. The number of hydrogen-bond acceptors (Lipinski definition) is 3. The third-order valence-corrected chi connectivity index (χ3v) is 1.19. The molecule has 4 N–H and O–H groups in total. The van der Waals surface area contributed by atoms with Gasteiger partial charge in [0.15, 0.2) is 0 Å². The van der Waals surface area contributed by atoms with Crippen molar-refractivity contribution in [3.05, 3.63) is 0 Å². The van der Waals surface area contributed by atoms with Gasteiger partial charge in [0.25, 0.3) is 0 Å². The molecule has 0 bridgehead atoms. The zero-order valence-corrected chi connectivity index (χ0v) is 6.13. The van der Waals surface area contributed by atoms with Crippen molar-refractivity contribution in [1.29, 1.82) is 0 Å². The highest BCUT2D eigenvalue weighted by atomic mass is 16.3. The largest absolute Gasteiger partial charge is 0.391 e. The van der Waals surface area contributed by atoms with E-state index >= 15 is 0 Å². The minimum atomic E-state index is -0.449. The summed E-state index contributed by atoms with van der Waals surface area (Å²) in [5, 5.41) is 11.4. The molecule has 10 heavy (non-hydrogen) atoms. The van der Waals surface area contributed by atoms with Crippen molar-refractivity contribution < 1.29 is 9.90 Å². The van der Waals surface area contributed by atoms with Gasteiger partial charge in [0.1, 0.15) is 0 Å². The van der Waals surface area contributed by atoms with Crippen LogP contribution in [0.4, 0.5) is 0 Å². The second kappa shape index (κ2) is 5.20. The summed E-state index contributed by atoms with van der Waals surface area (Å²) < 4.78 is 0. The monoisotopic (exact) mass is 146 g/mol. The minimum Gasteiger partial charge on any atom is -0.391 e. The van der Waals surface area contributed by atoms with Crippen molar-refractivity contribution in [1.82, 2.24) is 5.32 Å². The first kappa shape index (κ1) is 9.39. The normalized spacial score (nSPS) is 12.7. The summed E-state index contributed by atoms with van der Waals surface area (Å²) in [5.41, 5.74) is 5.01. The Morgan fingerprint density at radius 1 is 1.80 bits per heavy atom. The van der Waals surface area contributed by atoms with Crippen LogP contribution in [0.1, 0.15) is 13.3 Å². The molecule has 0 radical (unpaired) electrons. The molecule has 0 saturated carbocycles. The molecule has 0 fully saturated rings. The first-order chi connectivity index (χ1) is 4.70. The molecule has 1 unspecified atom stereocenters. The summed E-state index contributed by atoms with van der Waals surface area (Å²) in [5.74, 6) is -0.229. The molecule has 0 aromatic rings. The van der Waals surface area contributed by atoms with Gasteiger partial charge < -0.3 is 16.2 Å². The summed E-state index contributed by atoms with van der Waals surface area (Å²) in [4.78, 5) is 10.5. The lowest BCUT2D eigenvalue weighted by Gasteiger charge is -2.07. The van der Waals surface area contributed by atoms with Gasteiger partial charge in [-0.1, -0.05) is 6.92 Å². The average molecular weight is 146 g/mol. The van der Waals surface area contributed by atoms with Gasteiger partial charge in [-0.3, -0.25) is 4.79 Å². The van der Waals surface area contributed by atoms with Crippen LogP contribution in [0, 0.1) is 0 Å². The Morgan fingerprint density at radius 2 is 2.40 bits per heavy atom. The SMILES string of the molecule is CCC(O)CNC(=O)CN. The van der Waals surface area contributed by atoms with Crippen LogP contribution in [0.3, 0.4) is 0 Å². The first-order valence-electron chi connectivity index (χ1n) is 3.35. The molecule has 1 atom stereocenters. The maximum absolute atomic E-state index is 10.5. The molecule has 0 aliphatic carbocycles. The molecule has 0 aliphatic heterocycles. The van der Waals surface area contributed by atoms with E-state index in [4.69, 9.17) is 10.8 Å². The Kier molecular flexibility index (Phi) is 4.88. The fourth-order valence-corrected chi connectivity index (χ4v) is 0.448. The molecule has 0 aromatic heterocycles.